The third kappa shape index (κ3) is 2.64. The largest absolute Gasteiger partial charge is 0.380 e. The van der Waals surface area contributed by atoms with Gasteiger partial charge >= 0.3 is 0 Å². The summed E-state index contributed by atoms with van der Waals surface area (Å²) in [6.07, 6.45) is 0. The molecular formula is C18H19N2+. The van der Waals surface area contributed by atoms with E-state index in [2.05, 4.69) is 72.7 Å². The van der Waals surface area contributed by atoms with Crippen LogP contribution in [0.2, 0.25) is 0 Å². The fourth-order valence-corrected chi connectivity index (χ4v) is 2.47. The van der Waals surface area contributed by atoms with Crippen molar-refractivity contribution < 1.29 is 4.98 Å². The topological polar surface area (TPSA) is 26.2 Å². The summed E-state index contributed by atoms with van der Waals surface area (Å²) in [5, 5.41) is 4.79. The van der Waals surface area contributed by atoms with Crippen molar-refractivity contribution in [2.45, 2.75) is 20.4 Å². The zero-order valence-corrected chi connectivity index (χ0v) is 11.9. The highest BCUT2D eigenvalue weighted by Gasteiger charge is 2.09. The molecule has 0 fully saturated rings. The van der Waals surface area contributed by atoms with Crippen molar-refractivity contribution in [2.75, 3.05) is 5.32 Å². The number of nitrogens with one attached hydrogen (secondary N) is 2. The summed E-state index contributed by atoms with van der Waals surface area (Å²) in [6.45, 7) is 5.06. The molecule has 0 spiro atoms. The fourth-order valence-electron chi connectivity index (χ4n) is 2.47. The molecule has 0 atom stereocenters. The molecule has 0 amide bonds. The van der Waals surface area contributed by atoms with Gasteiger partial charge in [-0.25, -0.2) is 4.98 Å². The van der Waals surface area contributed by atoms with Gasteiger partial charge in [-0.1, -0.05) is 36.4 Å². The Labute approximate surface area is 119 Å². The summed E-state index contributed by atoms with van der Waals surface area (Å²) in [5.41, 5.74) is 6.09. The summed E-state index contributed by atoms with van der Waals surface area (Å²) in [6, 6.07) is 19.1. The molecule has 1 aromatic heterocycles. The fraction of sp³-hybridized carbons (Fsp3) is 0.167. The van der Waals surface area contributed by atoms with Crippen molar-refractivity contribution in [2.24, 2.45) is 0 Å². The average molecular weight is 263 g/mol. The maximum atomic E-state index is 3.55. The molecule has 2 N–H and O–H groups in total. The van der Waals surface area contributed by atoms with Crippen molar-refractivity contribution in [1.29, 1.82) is 0 Å². The normalized spacial score (nSPS) is 10.7. The molecule has 0 aliphatic heterocycles. The number of rotatable bonds is 3. The second kappa shape index (κ2) is 5.33. The highest BCUT2D eigenvalue weighted by atomic mass is 14.9. The van der Waals surface area contributed by atoms with Gasteiger partial charge < -0.3 is 5.32 Å². The van der Waals surface area contributed by atoms with Crippen LogP contribution in [0.5, 0.6) is 0 Å². The van der Waals surface area contributed by atoms with E-state index >= 15 is 0 Å². The predicted molar refractivity (Wildman–Crippen MR) is 83.7 cm³/mol. The molecule has 2 nitrogen and oxygen atoms in total. The molecule has 3 rings (SSSR count). The summed E-state index contributed by atoms with van der Waals surface area (Å²) in [7, 11) is 0. The van der Waals surface area contributed by atoms with E-state index in [-0.39, 0.29) is 0 Å². The van der Waals surface area contributed by atoms with E-state index in [4.69, 9.17) is 0 Å². The van der Waals surface area contributed by atoms with Gasteiger partial charge in [0.15, 0.2) is 5.69 Å². The molecule has 1 heterocycles. The molecule has 100 valence electrons. The number of aromatic amines is 1. The molecule has 0 aliphatic rings. The third-order valence-corrected chi connectivity index (χ3v) is 3.48. The maximum Gasteiger partial charge on any atom is 0.213 e. The van der Waals surface area contributed by atoms with Gasteiger partial charge in [0.2, 0.25) is 5.52 Å². The molecule has 20 heavy (non-hydrogen) atoms. The first-order valence-electron chi connectivity index (χ1n) is 6.93. The quantitative estimate of drug-likeness (QED) is 0.762. The summed E-state index contributed by atoms with van der Waals surface area (Å²) < 4.78 is 0. The summed E-state index contributed by atoms with van der Waals surface area (Å²) in [5.74, 6) is 0. The van der Waals surface area contributed by atoms with E-state index in [1.807, 2.05) is 6.07 Å². The first-order chi connectivity index (χ1) is 9.72. The Kier molecular flexibility index (Phi) is 3.38. The number of fused-ring (bicyclic) bond motifs is 1. The Bertz CT molecular complexity index is 733. The lowest BCUT2D eigenvalue weighted by atomic mass is 10.1. The van der Waals surface area contributed by atoms with Crippen molar-refractivity contribution in [3.63, 3.8) is 0 Å². The van der Waals surface area contributed by atoms with Gasteiger partial charge in [-0.15, -0.1) is 0 Å². The average Bonchev–Trinajstić information content (AvgIpc) is 2.46. The second-order valence-corrected chi connectivity index (χ2v) is 5.25. The van der Waals surface area contributed by atoms with Gasteiger partial charge in [0, 0.05) is 25.6 Å². The van der Waals surface area contributed by atoms with Crippen LogP contribution in [0.4, 0.5) is 5.69 Å². The highest BCUT2D eigenvalue weighted by Crippen LogP contribution is 2.22. The maximum absolute atomic E-state index is 3.55. The van der Waals surface area contributed by atoms with Crippen LogP contribution < -0.4 is 10.3 Å². The van der Waals surface area contributed by atoms with E-state index in [1.165, 1.54) is 27.7 Å². The molecule has 0 aliphatic carbocycles. The Morgan fingerprint density at radius 3 is 2.55 bits per heavy atom. The minimum Gasteiger partial charge on any atom is -0.380 e. The van der Waals surface area contributed by atoms with Gasteiger partial charge in [0.05, 0.1) is 11.1 Å². The lowest BCUT2D eigenvalue weighted by molar-refractivity contribution is -0.354. The van der Waals surface area contributed by atoms with Crippen LogP contribution in [-0.2, 0) is 6.54 Å². The highest BCUT2D eigenvalue weighted by molar-refractivity contribution is 5.89. The molecule has 0 bridgehead atoms. The van der Waals surface area contributed by atoms with Crippen LogP contribution in [0, 0.1) is 13.8 Å². The van der Waals surface area contributed by atoms with E-state index in [0.29, 0.717) is 0 Å². The van der Waals surface area contributed by atoms with Gasteiger partial charge in [-0.05, 0) is 24.1 Å². The number of benzene rings is 2. The number of hydrogen-bond donors (Lipinski definition) is 1. The van der Waals surface area contributed by atoms with Crippen molar-refractivity contribution >= 4 is 16.6 Å². The zero-order valence-electron chi connectivity index (χ0n) is 11.9. The summed E-state index contributed by atoms with van der Waals surface area (Å²) >= 11 is 0. The Morgan fingerprint density at radius 2 is 1.75 bits per heavy atom. The minimum atomic E-state index is 0.841. The van der Waals surface area contributed by atoms with Crippen molar-refractivity contribution in [3.8, 4) is 0 Å². The number of anilines is 1. The number of aryl methyl sites for hydroxylation is 2. The Balaban J connectivity index is 1.96. The van der Waals surface area contributed by atoms with E-state index in [1.54, 1.807) is 0 Å². The van der Waals surface area contributed by atoms with Gasteiger partial charge in [-0.2, -0.15) is 0 Å². The standard InChI is InChI=1S/C18H18N2/c1-13-8-9-17-16(10-13)18(11-14(2)20-17)19-12-15-6-4-3-5-7-15/h3-11H,12H2,1-2H3,(H,19,20)/p+1. The molecule has 2 aromatic carbocycles. The van der Waals surface area contributed by atoms with E-state index in [9.17, 15) is 0 Å². The lowest BCUT2D eigenvalue weighted by Crippen LogP contribution is -2.11. The predicted octanol–water partition coefficient (Wildman–Crippen LogP) is 3.88. The molecular weight excluding hydrogens is 244 g/mol. The van der Waals surface area contributed by atoms with Crippen LogP contribution >= 0.6 is 0 Å². The monoisotopic (exact) mass is 263 g/mol. The van der Waals surface area contributed by atoms with E-state index in [0.717, 1.165) is 12.2 Å². The molecule has 0 unspecified atom stereocenters. The smallest absolute Gasteiger partial charge is 0.213 e. The van der Waals surface area contributed by atoms with Crippen LogP contribution in [0.25, 0.3) is 10.9 Å². The van der Waals surface area contributed by atoms with Crippen molar-refractivity contribution in [1.82, 2.24) is 0 Å². The molecule has 0 saturated heterocycles. The number of hydrogen-bond acceptors (Lipinski definition) is 1. The zero-order chi connectivity index (χ0) is 13.9. The summed E-state index contributed by atoms with van der Waals surface area (Å²) in [4.78, 5) is 3.42. The molecule has 0 radical (unpaired) electrons. The van der Waals surface area contributed by atoms with Gasteiger partial charge in [0.1, 0.15) is 0 Å². The second-order valence-electron chi connectivity index (χ2n) is 5.25. The first kappa shape index (κ1) is 12.7. The van der Waals surface area contributed by atoms with Crippen LogP contribution in [0.1, 0.15) is 16.8 Å². The van der Waals surface area contributed by atoms with Crippen LogP contribution in [0.3, 0.4) is 0 Å². The van der Waals surface area contributed by atoms with Gasteiger partial charge in [-0.3, -0.25) is 0 Å². The molecule has 2 heteroatoms. The number of pyridine rings is 1. The Morgan fingerprint density at radius 1 is 0.950 bits per heavy atom. The minimum absolute atomic E-state index is 0.841. The van der Waals surface area contributed by atoms with Gasteiger partial charge in [0.25, 0.3) is 0 Å². The Hall–Kier alpha value is -2.35. The van der Waals surface area contributed by atoms with Crippen LogP contribution in [-0.4, -0.2) is 0 Å². The SMILES string of the molecule is Cc1ccc2[nH+]c(C)cc(NCc3ccccc3)c2c1. The molecule has 0 saturated carbocycles. The number of aromatic nitrogens is 1. The van der Waals surface area contributed by atoms with Crippen LogP contribution in [0.15, 0.2) is 54.6 Å². The first-order valence-corrected chi connectivity index (χ1v) is 6.93. The third-order valence-electron chi connectivity index (χ3n) is 3.48. The molecule has 3 aromatic rings. The number of H-pyrrole nitrogens is 1. The lowest BCUT2D eigenvalue weighted by Gasteiger charge is -2.09. The van der Waals surface area contributed by atoms with Crippen molar-refractivity contribution in [3.05, 3.63) is 71.4 Å². The van der Waals surface area contributed by atoms with E-state index < -0.39 is 0 Å².